The van der Waals surface area contributed by atoms with Gasteiger partial charge in [-0.3, -0.25) is 4.79 Å². The van der Waals surface area contributed by atoms with Crippen molar-refractivity contribution in [3.05, 3.63) is 28.8 Å². The van der Waals surface area contributed by atoms with Gasteiger partial charge in [-0.05, 0) is 11.6 Å². The molecular formula is C12H13ClN2O3. The molecule has 0 saturated carbocycles. The minimum Gasteiger partial charge on any atom is -0.447 e. The average molecular weight is 269 g/mol. The number of halogens is 1. The van der Waals surface area contributed by atoms with Gasteiger partial charge < -0.3 is 19.0 Å². The van der Waals surface area contributed by atoms with E-state index in [1.165, 1.54) is 0 Å². The van der Waals surface area contributed by atoms with Crippen LogP contribution in [0.25, 0.3) is 5.70 Å². The molecule has 0 unspecified atom stereocenters. The molecule has 1 saturated heterocycles. The number of ether oxygens (including phenoxy) is 1. The van der Waals surface area contributed by atoms with Crippen LogP contribution >= 0.6 is 11.6 Å². The third-order valence-electron chi connectivity index (χ3n) is 3.16. The molecule has 0 bridgehead atoms. The molecular weight excluding hydrogens is 256 g/mol. The topological polar surface area (TPSA) is 45.9 Å². The van der Waals surface area contributed by atoms with Gasteiger partial charge in [-0.2, -0.15) is 0 Å². The first-order valence-electron chi connectivity index (χ1n) is 5.82. The number of furan rings is 1. The maximum absolute atomic E-state index is 11.0. The molecule has 5 nitrogen and oxygen atoms in total. The van der Waals surface area contributed by atoms with Crippen LogP contribution in [-0.2, 0) is 16.1 Å². The van der Waals surface area contributed by atoms with E-state index < -0.39 is 0 Å². The van der Waals surface area contributed by atoms with Crippen LogP contribution in [0.1, 0.15) is 11.3 Å². The van der Waals surface area contributed by atoms with Gasteiger partial charge in [0.1, 0.15) is 5.76 Å². The molecule has 1 aromatic heterocycles. The fourth-order valence-electron chi connectivity index (χ4n) is 2.29. The van der Waals surface area contributed by atoms with Gasteiger partial charge in [0.2, 0.25) is 6.41 Å². The molecule has 18 heavy (non-hydrogen) atoms. The van der Waals surface area contributed by atoms with Crippen molar-refractivity contribution in [2.24, 2.45) is 0 Å². The molecule has 2 aliphatic heterocycles. The summed E-state index contributed by atoms with van der Waals surface area (Å²) in [4.78, 5) is 14.7. The Kier molecular flexibility index (Phi) is 3.01. The van der Waals surface area contributed by atoms with Crippen LogP contribution in [0.5, 0.6) is 0 Å². The van der Waals surface area contributed by atoms with Crippen LogP contribution in [-0.4, -0.2) is 42.5 Å². The van der Waals surface area contributed by atoms with E-state index in [0.717, 1.165) is 36.5 Å². The molecule has 0 aliphatic carbocycles. The fraction of sp³-hybridized carbons (Fsp3) is 0.417. The zero-order valence-electron chi connectivity index (χ0n) is 9.76. The maximum Gasteiger partial charge on any atom is 0.214 e. The van der Waals surface area contributed by atoms with Crippen molar-refractivity contribution >= 4 is 23.7 Å². The molecule has 3 heterocycles. The van der Waals surface area contributed by atoms with E-state index in [1.807, 2.05) is 6.20 Å². The molecule has 2 aliphatic rings. The van der Waals surface area contributed by atoms with E-state index in [9.17, 15) is 4.79 Å². The molecule has 1 fully saturated rings. The van der Waals surface area contributed by atoms with Gasteiger partial charge in [0, 0.05) is 30.9 Å². The largest absolute Gasteiger partial charge is 0.447 e. The van der Waals surface area contributed by atoms with Crippen molar-refractivity contribution in [3.8, 4) is 0 Å². The Bertz CT molecular complexity index is 492. The standard InChI is InChI=1S/C12H13ClN2O3/c13-12-5-9-10(15-1-3-17-4-2-15)6-14(8-16)7-11(9)18-12/h5-6,8H,1-4,7H2. The summed E-state index contributed by atoms with van der Waals surface area (Å²) >= 11 is 5.90. The number of hydrogen-bond donors (Lipinski definition) is 0. The zero-order valence-corrected chi connectivity index (χ0v) is 10.5. The lowest BCUT2D eigenvalue weighted by atomic mass is 10.1. The Hall–Kier alpha value is -1.46. The molecule has 3 rings (SSSR count). The van der Waals surface area contributed by atoms with Crippen molar-refractivity contribution < 1.29 is 13.9 Å². The second-order valence-corrected chi connectivity index (χ2v) is 4.65. The van der Waals surface area contributed by atoms with E-state index in [1.54, 1.807) is 11.0 Å². The quantitative estimate of drug-likeness (QED) is 0.764. The zero-order chi connectivity index (χ0) is 12.5. The SMILES string of the molecule is O=CN1C=C(N2CCOCC2)c2cc(Cl)oc2C1. The van der Waals surface area contributed by atoms with E-state index in [0.29, 0.717) is 25.0 Å². The van der Waals surface area contributed by atoms with Gasteiger partial charge in [0.25, 0.3) is 0 Å². The highest BCUT2D eigenvalue weighted by molar-refractivity contribution is 6.29. The van der Waals surface area contributed by atoms with Gasteiger partial charge in [-0.15, -0.1) is 0 Å². The van der Waals surface area contributed by atoms with Crippen LogP contribution in [0.4, 0.5) is 0 Å². The lowest BCUT2D eigenvalue weighted by molar-refractivity contribution is -0.116. The summed E-state index contributed by atoms with van der Waals surface area (Å²) in [6.45, 7) is 3.43. The molecule has 0 aromatic carbocycles. The Morgan fingerprint density at radius 2 is 2.11 bits per heavy atom. The third kappa shape index (κ3) is 2.00. The van der Waals surface area contributed by atoms with Crippen LogP contribution < -0.4 is 0 Å². The first-order valence-corrected chi connectivity index (χ1v) is 6.20. The number of rotatable bonds is 2. The predicted molar refractivity (Wildman–Crippen MR) is 65.7 cm³/mol. The number of nitrogens with zero attached hydrogens (tertiary/aromatic N) is 2. The van der Waals surface area contributed by atoms with E-state index >= 15 is 0 Å². The molecule has 96 valence electrons. The summed E-state index contributed by atoms with van der Waals surface area (Å²) in [5, 5.41) is 0.354. The Balaban J connectivity index is 1.97. The second-order valence-electron chi connectivity index (χ2n) is 4.28. The number of hydrogen-bond acceptors (Lipinski definition) is 4. The van der Waals surface area contributed by atoms with Gasteiger partial charge >= 0.3 is 0 Å². The molecule has 6 heteroatoms. The van der Waals surface area contributed by atoms with Crippen molar-refractivity contribution in [1.82, 2.24) is 9.80 Å². The lowest BCUT2D eigenvalue weighted by Crippen LogP contribution is -2.37. The van der Waals surface area contributed by atoms with Crippen molar-refractivity contribution in [2.75, 3.05) is 26.3 Å². The van der Waals surface area contributed by atoms with Crippen LogP contribution in [0.15, 0.2) is 16.7 Å². The minimum atomic E-state index is 0.354. The molecule has 0 radical (unpaired) electrons. The Labute approximate surface area is 110 Å². The summed E-state index contributed by atoms with van der Waals surface area (Å²) in [6.07, 6.45) is 2.63. The number of fused-ring (bicyclic) bond motifs is 1. The number of carbonyl (C=O) groups excluding carboxylic acids is 1. The number of morpholine rings is 1. The Morgan fingerprint density at radius 1 is 1.33 bits per heavy atom. The summed E-state index contributed by atoms with van der Waals surface area (Å²) in [5.74, 6) is 0.732. The highest BCUT2D eigenvalue weighted by Gasteiger charge is 2.26. The lowest BCUT2D eigenvalue weighted by Gasteiger charge is -2.33. The van der Waals surface area contributed by atoms with Crippen molar-refractivity contribution in [3.63, 3.8) is 0 Å². The van der Waals surface area contributed by atoms with Crippen molar-refractivity contribution in [1.29, 1.82) is 0 Å². The van der Waals surface area contributed by atoms with Crippen LogP contribution in [0.3, 0.4) is 0 Å². The molecule has 1 aromatic rings. The molecule has 1 amide bonds. The van der Waals surface area contributed by atoms with Crippen molar-refractivity contribution in [2.45, 2.75) is 6.54 Å². The van der Waals surface area contributed by atoms with Crippen LogP contribution in [0, 0.1) is 0 Å². The summed E-state index contributed by atoms with van der Waals surface area (Å²) in [7, 11) is 0. The highest BCUT2D eigenvalue weighted by Crippen LogP contribution is 2.33. The van der Waals surface area contributed by atoms with Gasteiger partial charge in [0.15, 0.2) is 5.22 Å². The normalized spacial score (nSPS) is 19.5. The van der Waals surface area contributed by atoms with E-state index in [2.05, 4.69) is 4.90 Å². The number of amides is 1. The highest BCUT2D eigenvalue weighted by atomic mass is 35.5. The Morgan fingerprint density at radius 3 is 2.83 bits per heavy atom. The predicted octanol–water partition coefficient (Wildman–Crippen LogP) is 1.54. The molecule has 0 spiro atoms. The first kappa shape index (κ1) is 11.6. The van der Waals surface area contributed by atoms with Gasteiger partial charge in [0.05, 0.1) is 25.5 Å². The summed E-state index contributed by atoms with van der Waals surface area (Å²) < 4.78 is 10.8. The summed E-state index contributed by atoms with van der Waals surface area (Å²) in [5.41, 5.74) is 1.95. The fourth-order valence-corrected chi connectivity index (χ4v) is 2.49. The van der Waals surface area contributed by atoms with Crippen LogP contribution in [0.2, 0.25) is 5.22 Å². The smallest absolute Gasteiger partial charge is 0.214 e. The molecule has 0 N–H and O–H groups in total. The third-order valence-corrected chi connectivity index (χ3v) is 3.34. The van der Waals surface area contributed by atoms with Gasteiger partial charge in [-0.1, -0.05) is 0 Å². The van der Waals surface area contributed by atoms with E-state index in [4.69, 9.17) is 20.8 Å². The van der Waals surface area contributed by atoms with E-state index in [-0.39, 0.29) is 0 Å². The van der Waals surface area contributed by atoms with Gasteiger partial charge in [-0.25, -0.2) is 0 Å². The first-order chi connectivity index (χ1) is 8.78. The number of carbonyl (C=O) groups is 1. The molecule has 0 atom stereocenters. The minimum absolute atomic E-state index is 0.354. The summed E-state index contributed by atoms with van der Waals surface area (Å²) in [6, 6.07) is 1.81. The second kappa shape index (κ2) is 4.66. The maximum atomic E-state index is 11.0. The monoisotopic (exact) mass is 268 g/mol. The average Bonchev–Trinajstić information content (AvgIpc) is 2.78.